The van der Waals surface area contributed by atoms with E-state index < -0.39 is 5.97 Å². The number of rotatable bonds is 5. The highest BCUT2D eigenvalue weighted by atomic mass is 32.1. The summed E-state index contributed by atoms with van der Waals surface area (Å²) >= 11 is 0.975. The Bertz CT molecular complexity index is 677. The molecule has 1 amide bonds. The van der Waals surface area contributed by atoms with Gasteiger partial charge in [-0.25, -0.2) is 4.79 Å². The number of para-hydroxylation sites is 1. The zero-order valence-electron chi connectivity index (χ0n) is 12.7. The first-order valence-corrected chi connectivity index (χ1v) is 7.64. The molecule has 22 heavy (non-hydrogen) atoms. The summed E-state index contributed by atoms with van der Waals surface area (Å²) in [6.45, 7) is 5.35. The predicted molar refractivity (Wildman–Crippen MR) is 84.1 cm³/mol. The molecule has 2 aromatic rings. The second-order valence-electron chi connectivity index (χ2n) is 4.79. The first kappa shape index (κ1) is 16.1. The number of esters is 1. The van der Waals surface area contributed by atoms with E-state index in [-0.39, 0.29) is 12.5 Å². The molecule has 0 atom stereocenters. The fourth-order valence-corrected chi connectivity index (χ4v) is 2.62. The van der Waals surface area contributed by atoms with Crippen molar-refractivity contribution >= 4 is 29.1 Å². The van der Waals surface area contributed by atoms with E-state index in [1.807, 2.05) is 39.0 Å². The lowest BCUT2D eigenvalue weighted by Gasteiger charge is -2.11. The smallest absolute Gasteiger partial charge is 0.352 e. The Morgan fingerprint density at radius 3 is 2.59 bits per heavy atom. The van der Waals surface area contributed by atoms with Gasteiger partial charge in [-0.05, 0) is 42.9 Å². The minimum Gasteiger partial charge on any atom is -0.451 e. The summed E-state index contributed by atoms with van der Waals surface area (Å²) in [6.07, 6.45) is 0.593. The lowest BCUT2D eigenvalue weighted by Crippen LogP contribution is -2.21. The molecule has 7 heteroatoms. The van der Waals surface area contributed by atoms with Gasteiger partial charge in [0.25, 0.3) is 5.91 Å². The van der Waals surface area contributed by atoms with Crippen LogP contribution in [-0.4, -0.2) is 28.1 Å². The number of ether oxygens (including phenoxy) is 1. The largest absolute Gasteiger partial charge is 0.451 e. The second-order valence-corrected chi connectivity index (χ2v) is 5.55. The van der Waals surface area contributed by atoms with E-state index in [2.05, 4.69) is 14.9 Å². The van der Waals surface area contributed by atoms with Crippen molar-refractivity contribution in [3.05, 3.63) is 39.9 Å². The van der Waals surface area contributed by atoms with E-state index in [0.717, 1.165) is 28.3 Å². The average molecular weight is 319 g/mol. The molecule has 6 nitrogen and oxygen atoms in total. The first-order chi connectivity index (χ1) is 10.5. The minimum atomic E-state index is -0.566. The maximum Gasteiger partial charge on any atom is 0.352 e. The van der Waals surface area contributed by atoms with Crippen LogP contribution in [0.4, 0.5) is 5.69 Å². The first-order valence-electron chi connectivity index (χ1n) is 6.87. The molecule has 0 aliphatic heterocycles. The highest BCUT2D eigenvalue weighted by Gasteiger charge is 2.18. The summed E-state index contributed by atoms with van der Waals surface area (Å²) < 4.78 is 8.74. The summed E-state index contributed by atoms with van der Waals surface area (Å²) in [7, 11) is 0. The van der Waals surface area contributed by atoms with Gasteiger partial charge in [0.1, 0.15) is 0 Å². The highest BCUT2D eigenvalue weighted by Crippen LogP contribution is 2.19. The fraction of sp³-hybridized carbons (Fsp3) is 0.333. The van der Waals surface area contributed by atoms with Gasteiger partial charge in [-0.3, -0.25) is 4.79 Å². The van der Waals surface area contributed by atoms with Crippen LogP contribution in [0.1, 0.15) is 33.4 Å². The van der Waals surface area contributed by atoms with Crippen molar-refractivity contribution in [2.75, 3.05) is 11.9 Å². The Morgan fingerprint density at radius 2 is 1.95 bits per heavy atom. The Balaban J connectivity index is 1.95. The number of aryl methyl sites for hydroxylation is 3. The van der Waals surface area contributed by atoms with Crippen LogP contribution in [0.15, 0.2) is 18.2 Å². The molecule has 116 valence electrons. The SMILES string of the molecule is CCc1nnsc1C(=O)OCC(=O)Nc1c(C)cccc1C. The van der Waals surface area contributed by atoms with E-state index in [0.29, 0.717) is 17.0 Å². The van der Waals surface area contributed by atoms with Crippen LogP contribution in [0.2, 0.25) is 0 Å². The summed E-state index contributed by atoms with van der Waals surface area (Å²) in [4.78, 5) is 24.2. The molecule has 2 rings (SSSR count). The zero-order chi connectivity index (χ0) is 16.1. The van der Waals surface area contributed by atoms with Gasteiger partial charge in [0, 0.05) is 5.69 Å². The van der Waals surface area contributed by atoms with Gasteiger partial charge >= 0.3 is 5.97 Å². The molecule has 0 saturated carbocycles. The van der Waals surface area contributed by atoms with Crippen molar-refractivity contribution < 1.29 is 14.3 Å². The van der Waals surface area contributed by atoms with Crippen molar-refractivity contribution in [2.45, 2.75) is 27.2 Å². The molecule has 0 bridgehead atoms. The zero-order valence-corrected chi connectivity index (χ0v) is 13.5. The molecule has 0 aliphatic rings. The second kappa shape index (κ2) is 7.13. The number of carbonyl (C=O) groups is 2. The summed E-state index contributed by atoms with van der Waals surface area (Å²) in [5, 5.41) is 6.60. The van der Waals surface area contributed by atoms with Crippen molar-refractivity contribution in [3.63, 3.8) is 0 Å². The molecular formula is C15H17N3O3S. The molecule has 0 radical (unpaired) electrons. The van der Waals surface area contributed by atoms with E-state index in [1.54, 1.807) is 0 Å². The molecular weight excluding hydrogens is 302 g/mol. The third kappa shape index (κ3) is 3.67. The van der Waals surface area contributed by atoms with Gasteiger partial charge in [-0.2, -0.15) is 0 Å². The lowest BCUT2D eigenvalue weighted by atomic mass is 10.1. The normalized spacial score (nSPS) is 10.3. The van der Waals surface area contributed by atoms with E-state index in [9.17, 15) is 9.59 Å². The van der Waals surface area contributed by atoms with E-state index >= 15 is 0 Å². The lowest BCUT2D eigenvalue weighted by molar-refractivity contribution is -0.119. The van der Waals surface area contributed by atoms with Gasteiger partial charge < -0.3 is 10.1 Å². The summed E-state index contributed by atoms with van der Waals surface area (Å²) in [6, 6.07) is 5.74. The molecule has 0 unspecified atom stereocenters. The van der Waals surface area contributed by atoms with Crippen LogP contribution >= 0.6 is 11.5 Å². The highest BCUT2D eigenvalue weighted by molar-refractivity contribution is 7.07. The molecule has 1 N–H and O–H groups in total. The standard InChI is InChI=1S/C15H17N3O3S/c1-4-11-14(22-18-17-11)15(20)21-8-12(19)16-13-9(2)6-5-7-10(13)3/h5-7H,4,8H2,1-3H3,(H,16,19). The van der Waals surface area contributed by atoms with Crippen LogP contribution in [0.5, 0.6) is 0 Å². The number of nitrogens with one attached hydrogen (secondary N) is 1. The maximum absolute atomic E-state index is 11.9. The Hall–Kier alpha value is -2.28. The van der Waals surface area contributed by atoms with Crippen LogP contribution < -0.4 is 5.32 Å². The van der Waals surface area contributed by atoms with Gasteiger partial charge in [-0.1, -0.05) is 29.6 Å². The van der Waals surface area contributed by atoms with Crippen LogP contribution in [0.3, 0.4) is 0 Å². The summed E-state index contributed by atoms with van der Waals surface area (Å²) in [5.41, 5.74) is 3.25. The number of nitrogens with zero attached hydrogens (tertiary/aromatic N) is 2. The minimum absolute atomic E-state index is 0.340. The van der Waals surface area contributed by atoms with Crippen LogP contribution in [0.25, 0.3) is 0 Å². The average Bonchev–Trinajstić information content (AvgIpc) is 2.97. The van der Waals surface area contributed by atoms with Crippen molar-refractivity contribution in [3.8, 4) is 0 Å². The quantitative estimate of drug-likeness (QED) is 0.856. The molecule has 0 aliphatic carbocycles. The molecule has 1 heterocycles. The van der Waals surface area contributed by atoms with Crippen LogP contribution in [-0.2, 0) is 16.0 Å². The summed E-state index contributed by atoms with van der Waals surface area (Å²) in [5.74, 6) is -0.940. The molecule has 1 aromatic carbocycles. The van der Waals surface area contributed by atoms with Crippen molar-refractivity contribution in [2.24, 2.45) is 0 Å². The number of aromatic nitrogens is 2. The number of amides is 1. The van der Waals surface area contributed by atoms with Gasteiger partial charge in [0.15, 0.2) is 11.5 Å². The number of hydrogen-bond donors (Lipinski definition) is 1. The third-order valence-corrected chi connectivity index (χ3v) is 3.90. The number of anilines is 1. The Kier molecular flexibility index (Phi) is 5.21. The monoisotopic (exact) mass is 319 g/mol. The molecule has 0 saturated heterocycles. The van der Waals surface area contributed by atoms with Crippen LogP contribution in [0, 0.1) is 13.8 Å². The van der Waals surface area contributed by atoms with Gasteiger partial charge in [-0.15, -0.1) is 5.10 Å². The molecule has 0 spiro atoms. The number of benzene rings is 1. The Morgan fingerprint density at radius 1 is 1.27 bits per heavy atom. The van der Waals surface area contributed by atoms with E-state index in [1.165, 1.54) is 0 Å². The van der Waals surface area contributed by atoms with Crippen molar-refractivity contribution in [1.82, 2.24) is 9.59 Å². The van der Waals surface area contributed by atoms with Gasteiger partial charge in [0.2, 0.25) is 0 Å². The maximum atomic E-state index is 11.9. The Labute approximate surface area is 132 Å². The number of carbonyl (C=O) groups excluding carboxylic acids is 2. The molecule has 1 aromatic heterocycles. The fourth-order valence-electron chi connectivity index (χ4n) is 1.98. The third-order valence-electron chi connectivity index (χ3n) is 3.16. The van der Waals surface area contributed by atoms with Crippen molar-refractivity contribution in [1.29, 1.82) is 0 Å². The molecule has 0 fully saturated rings. The predicted octanol–water partition coefficient (Wildman–Crippen LogP) is 2.51. The topological polar surface area (TPSA) is 81.2 Å². The van der Waals surface area contributed by atoms with Gasteiger partial charge in [0.05, 0.1) is 5.69 Å². The number of hydrogen-bond acceptors (Lipinski definition) is 6. The van der Waals surface area contributed by atoms with E-state index in [4.69, 9.17) is 4.74 Å².